The maximum Gasteiger partial charge on any atom is 0.344 e. The minimum atomic E-state index is -0.435. The van der Waals surface area contributed by atoms with Crippen molar-refractivity contribution in [3.63, 3.8) is 0 Å². The number of carbonyl (C=O) groups excluding carboxylic acids is 1. The Morgan fingerprint density at radius 3 is 2.52 bits per heavy atom. The largest absolute Gasteiger partial charge is 0.486 e. The second-order valence-corrected chi connectivity index (χ2v) is 5.70. The van der Waals surface area contributed by atoms with Crippen LogP contribution in [-0.2, 0) is 16.1 Å². The summed E-state index contributed by atoms with van der Waals surface area (Å²) in [7, 11) is 0. The van der Waals surface area contributed by atoms with Crippen molar-refractivity contribution in [2.45, 2.75) is 6.61 Å². The second kappa shape index (κ2) is 7.37. The molecule has 1 aliphatic rings. The lowest BCUT2D eigenvalue weighted by molar-refractivity contribution is -0.147. The summed E-state index contributed by atoms with van der Waals surface area (Å²) in [6, 6.07) is 12.8. The molecule has 2 aromatic carbocycles. The van der Waals surface area contributed by atoms with Crippen molar-refractivity contribution in [3.8, 4) is 17.2 Å². The van der Waals surface area contributed by atoms with Gasteiger partial charge in [0, 0.05) is 10.0 Å². The van der Waals surface area contributed by atoms with E-state index in [9.17, 15) is 4.79 Å². The third-order valence-electron chi connectivity index (χ3n) is 3.20. The number of carbonyl (C=O) groups is 1. The highest BCUT2D eigenvalue weighted by molar-refractivity contribution is 9.10. The maximum atomic E-state index is 11.8. The van der Waals surface area contributed by atoms with E-state index in [0.717, 1.165) is 10.0 Å². The quantitative estimate of drug-likeness (QED) is 0.746. The molecule has 2 aromatic rings. The average molecular weight is 379 g/mol. The van der Waals surface area contributed by atoms with Crippen molar-refractivity contribution < 1.29 is 23.7 Å². The number of esters is 1. The molecule has 0 N–H and O–H groups in total. The Morgan fingerprint density at radius 1 is 1.09 bits per heavy atom. The van der Waals surface area contributed by atoms with Crippen LogP contribution in [0.2, 0.25) is 0 Å². The van der Waals surface area contributed by atoms with Gasteiger partial charge >= 0.3 is 5.97 Å². The molecule has 0 bridgehead atoms. The van der Waals surface area contributed by atoms with Crippen LogP contribution < -0.4 is 14.2 Å². The van der Waals surface area contributed by atoms with E-state index in [1.165, 1.54) is 0 Å². The number of benzene rings is 2. The van der Waals surface area contributed by atoms with E-state index in [4.69, 9.17) is 18.9 Å². The number of fused-ring (bicyclic) bond motifs is 1. The summed E-state index contributed by atoms with van der Waals surface area (Å²) in [5, 5.41) is 0. The third kappa shape index (κ3) is 4.16. The van der Waals surface area contributed by atoms with Crippen LogP contribution >= 0.6 is 15.9 Å². The third-order valence-corrected chi connectivity index (χ3v) is 3.94. The summed E-state index contributed by atoms with van der Waals surface area (Å²) in [5.41, 5.74) is 0.808. The van der Waals surface area contributed by atoms with Gasteiger partial charge in [-0.15, -0.1) is 0 Å². The van der Waals surface area contributed by atoms with Crippen molar-refractivity contribution in [1.29, 1.82) is 0 Å². The molecule has 0 fully saturated rings. The molecule has 120 valence electrons. The zero-order chi connectivity index (χ0) is 16.1. The summed E-state index contributed by atoms with van der Waals surface area (Å²) in [6.07, 6.45) is 0. The monoisotopic (exact) mass is 378 g/mol. The Bertz CT molecular complexity index is 687. The van der Waals surface area contributed by atoms with Gasteiger partial charge in [0.1, 0.15) is 25.6 Å². The molecule has 0 unspecified atom stereocenters. The molecule has 0 radical (unpaired) electrons. The highest BCUT2D eigenvalue weighted by atomic mass is 79.9. The highest BCUT2D eigenvalue weighted by Crippen LogP contribution is 2.35. The number of hydrogen-bond donors (Lipinski definition) is 0. The molecule has 0 spiro atoms. The zero-order valence-electron chi connectivity index (χ0n) is 12.3. The molecule has 0 atom stereocenters. The molecular formula is C17H15BrO5. The van der Waals surface area contributed by atoms with Crippen LogP contribution in [0, 0.1) is 0 Å². The Morgan fingerprint density at radius 2 is 1.78 bits per heavy atom. The Balaban J connectivity index is 1.54. The van der Waals surface area contributed by atoms with Crippen LogP contribution in [0.25, 0.3) is 0 Å². The van der Waals surface area contributed by atoms with Gasteiger partial charge in [-0.05, 0) is 24.3 Å². The van der Waals surface area contributed by atoms with Crippen LogP contribution in [0.15, 0.2) is 46.9 Å². The Hall–Kier alpha value is -2.21. The van der Waals surface area contributed by atoms with Crippen LogP contribution in [0.3, 0.4) is 0 Å². The molecule has 1 aliphatic heterocycles. The van der Waals surface area contributed by atoms with Crippen molar-refractivity contribution >= 4 is 21.9 Å². The summed E-state index contributed by atoms with van der Waals surface area (Å²) < 4.78 is 22.4. The molecule has 6 heteroatoms. The molecular weight excluding hydrogens is 364 g/mol. The number of halogens is 1. The van der Waals surface area contributed by atoms with Gasteiger partial charge in [-0.3, -0.25) is 0 Å². The Kier molecular flexibility index (Phi) is 5.02. The number of hydrogen-bond acceptors (Lipinski definition) is 5. The first kappa shape index (κ1) is 15.7. The van der Waals surface area contributed by atoms with Gasteiger partial charge in [0.15, 0.2) is 18.1 Å². The van der Waals surface area contributed by atoms with Crippen LogP contribution in [0.1, 0.15) is 5.56 Å². The molecule has 5 nitrogen and oxygen atoms in total. The first-order valence-electron chi connectivity index (χ1n) is 7.14. The van der Waals surface area contributed by atoms with E-state index < -0.39 is 5.97 Å². The van der Waals surface area contributed by atoms with Gasteiger partial charge in [0.05, 0.1) is 0 Å². The first-order valence-corrected chi connectivity index (χ1v) is 7.93. The SMILES string of the molecule is O=C(COc1ccccc1)OCc1cc2c(cc1Br)OCCO2. The van der Waals surface area contributed by atoms with Crippen molar-refractivity contribution in [2.24, 2.45) is 0 Å². The lowest BCUT2D eigenvalue weighted by Gasteiger charge is -2.19. The van der Waals surface area contributed by atoms with E-state index >= 15 is 0 Å². The molecule has 1 heterocycles. The fourth-order valence-corrected chi connectivity index (χ4v) is 2.51. The molecule has 0 aliphatic carbocycles. The van der Waals surface area contributed by atoms with Gasteiger partial charge in [0.25, 0.3) is 0 Å². The van der Waals surface area contributed by atoms with Crippen LogP contribution in [0.5, 0.6) is 17.2 Å². The van der Waals surface area contributed by atoms with Crippen LogP contribution in [0.4, 0.5) is 0 Å². The van der Waals surface area contributed by atoms with Gasteiger partial charge in [-0.25, -0.2) is 4.79 Å². The topological polar surface area (TPSA) is 54.0 Å². The minimum Gasteiger partial charge on any atom is -0.486 e. The van der Waals surface area contributed by atoms with E-state index in [-0.39, 0.29) is 13.2 Å². The van der Waals surface area contributed by atoms with Crippen molar-refractivity contribution in [2.75, 3.05) is 19.8 Å². The smallest absolute Gasteiger partial charge is 0.344 e. The standard InChI is InChI=1S/C17H15BrO5/c18-14-9-16-15(20-6-7-21-16)8-12(14)10-23-17(19)11-22-13-4-2-1-3-5-13/h1-5,8-9H,6-7,10-11H2. The number of rotatable bonds is 5. The molecule has 0 aromatic heterocycles. The highest BCUT2D eigenvalue weighted by Gasteiger charge is 2.16. The van der Waals surface area contributed by atoms with Gasteiger partial charge in [0.2, 0.25) is 0 Å². The van der Waals surface area contributed by atoms with Crippen molar-refractivity contribution in [1.82, 2.24) is 0 Å². The van der Waals surface area contributed by atoms with Crippen molar-refractivity contribution in [3.05, 3.63) is 52.5 Å². The lowest BCUT2D eigenvalue weighted by Crippen LogP contribution is -2.17. The van der Waals surface area contributed by atoms with E-state index in [0.29, 0.717) is 30.5 Å². The second-order valence-electron chi connectivity index (χ2n) is 4.85. The van der Waals surface area contributed by atoms with Gasteiger partial charge < -0.3 is 18.9 Å². The lowest BCUT2D eigenvalue weighted by atomic mass is 10.2. The van der Waals surface area contributed by atoms with E-state index in [2.05, 4.69) is 15.9 Å². The molecule has 0 amide bonds. The number of ether oxygens (including phenoxy) is 4. The Labute approximate surface area is 142 Å². The normalized spacial score (nSPS) is 12.6. The fraction of sp³-hybridized carbons (Fsp3) is 0.235. The molecule has 0 saturated carbocycles. The molecule has 23 heavy (non-hydrogen) atoms. The fourth-order valence-electron chi connectivity index (χ4n) is 2.08. The molecule has 0 saturated heterocycles. The maximum absolute atomic E-state index is 11.8. The molecule has 3 rings (SSSR count). The predicted molar refractivity (Wildman–Crippen MR) is 86.9 cm³/mol. The van der Waals surface area contributed by atoms with Gasteiger partial charge in [-0.1, -0.05) is 34.1 Å². The summed E-state index contributed by atoms with van der Waals surface area (Å²) >= 11 is 3.44. The van der Waals surface area contributed by atoms with Gasteiger partial charge in [-0.2, -0.15) is 0 Å². The zero-order valence-corrected chi connectivity index (χ0v) is 13.9. The summed E-state index contributed by atoms with van der Waals surface area (Å²) in [5.74, 6) is 1.54. The summed E-state index contributed by atoms with van der Waals surface area (Å²) in [4.78, 5) is 11.8. The van der Waals surface area contributed by atoms with E-state index in [1.54, 1.807) is 12.1 Å². The average Bonchev–Trinajstić information content (AvgIpc) is 2.59. The summed E-state index contributed by atoms with van der Waals surface area (Å²) in [6.45, 7) is 1.05. The number of para-hydroxylation sites is 1. The van der Waals surface area contributed by atoms with E-state index in [1.807, 2.05) is 30.3 Å². The van der Waals surface area contributed by atoms with Crippen LogP contribution in [-0.4, -0.2) is 25.8 Å². The minimum absolute atomic E-state index is 0.133. The first-order chi connectivity index (χ1) is 11.2. The predicted octanol–water partition coefficient (Wildman–Crippen LogP) is 3.34.